The molecule has 1 aliphatic rings. The summed E-state index contributed by atoms with van der Waals surface area (Å²) in [4.78, 5) is 2.52. The Hall–Kier alpha value is -0.570. The minimum absolute atomic E-state index is 0.0523. The maximum Gasteiger partial charge on any atom is 0.0453 e. The van der Waals surface area contributed by atoms with Gasteiger partial charge in [-0.25, -0.2) is 0 Å². The van der Waals surface area contributed by atoms with Crippen molar-refractivity contribution >= 4 is 11.6 Å². The van der Waals surface area contributed by atoms with E-state index in [1.165, 1.54) is 12.8 Å². The van der Waals surface area contributed by atoms with Gasteiger partial charge in [0, 0.05) is 23.7 Å². The molecule has 1 unspecified atom stereocenters. The van der Waals surface area contributed by atoms with Crippen molar-refractivity contribution in [2.24, 2.45) is 5.73 Å². The number of hydrogen-bond donors (Lipinski definition) is 1. The number of nitrogens with two attached hydrogens (primary N) is 1. The lowest BCUT2D eigenvalue weighted by atomic mass is 10.0. The van der Waals surface area contributed by atoms with Crippen LogP contribution in [0.15, 0.2) is 24.3 Å². The van der Waals surface area contributed by atoms with E-state index in [9.17, 15) is 0 Å². The van der Waals surface area contributed by atoms with Crippen molar-refractivity contribution in [3.8, 4) is 0 Å². The van der Waals surface area contributed by atoms with E-state index >= 15 is 0 Å². The van der Waals surface area contributed by atoms with Gasteiger partial charge < -0.3 is 10.6 Å². The summed E-state index contributed by atoms with van der Waals surface area (Å²) in [6.07, 6.45) is 3.69. The molecule has 1 fully saturated rings. The van der Waals surface area contributed by atoms with Crippen molar-refractivity contribution in [2.75, 3.05) is 13.1 Å². The average molecular weight is 253 g/mol. The fraction of sp³-hybridized carbons (Fsp3) is 0.571. The van der Waals surface area contributed by atoms with Crippen LogP contribution in [0.5, 0.6) is 0 Å². The third-order valence-electron chi connectivity index (χ3n) is 3.50. The largest absolute Gasteiger partial charge is 0.324 e. The summed E-state index contributed by atoms with van der Waals surface area (Å²) in [5.74, 6) is 0. The molecule has 2 rings (SSSR count). The molecule has 17 heavy (non-hydrogen) atoms. The van der Waals surface area contributed by atoms with Gasteiger partial charge in [-0.3, -0.25) is 0 Å². The zero-order valence-electron chi connectivity index (χ0n) is 10.4. The van der Waals surface area contributed by atoms with Crippen LogP contribution >= 0.6 is 11.6 Å². The second kappa shape index (κ2) is 5.85. The van der Waals surface area contributed by atoms with Gasteiger partial charge in [-0.1, -0.05) is 36.7 Å². The van der Waals surface area contributed by atoms with Gasteiger partial charge in [-0.15, -0.1) is 0 Å². The summed E-state index contributed by atoms with van der Waals surface area (Å²) >= 11 is 6.15. The van der Waals surface area contributed by atoms with Crippen molar-refractivity contribution in [3.63, 3.8) is 0 Å². The highest BCUT2D eigenvalue weighted by atomic mass is 35.5. The van der Waals surface area contributed by atoms with Crippen molar-refractivity contribution in [1.29, 1.82) is 0 Å². The highest BCUT2D eigenvalue weighted by Crippen LogP contribution is 2.28. The Morgan fingerprint density at radius 3 is 2.71 bits per heavy atom. The molecule has 1 aromatic carbocycles. The molecule has 2 N–H and O–H groups in total. The Bertz CT molecular complexity index is 363. The first kappa shape index (κ1) is 12.9. The molecule has 0 bridgehead atoms. The van der Waals surface area contributed by atoms with Crippen LogP contribution in [-0.4, -0.2) is 24.0 Å². The zero-order chi connectivity index (χ0) is 12.3. The summed E-state index contributed by atoms with van der Waals surface area (Å²) in [5.41, 5.74) is 7.28. The molecule has 0 saturated heterocycles. The molecule has 1 atom stereocenters. The maximum atomic E-state index is 6.21. The van der Waals surface area contributed by atoms with Crippen LogP contribution in [0.4, 0.5) is 0 Å². The van der Waals surface area contributed by atoms with E-state index in [0.29, 0.717) is 0 Å². The molecule has 1 aliphatic carbocycles. The van der Waals surface area contributed by atoms with Gasteiger partial charge in [0.1, 0.15) is 0 Å². The van der Waals surface area contributed by atoms with Crippen LogP contribution in [0.3, 0.4) is 0 Å². The molecule has 0 aromatic heterocycles. The third-order valence-corrected chi connectivity index (χ3v) is 3.85. The standard InChI is InChI=1S/C14H21ClN2/c1-2-17(11-7-8-11)10-9-14(16)12-5-3-4-6-13(12)15/h3-6,11,14H,2,7-10,16H2,1H3. The lowest BCUT2D eigenvalue weighted by molar-refractivity contribution is 0.266. The molecule has 1 saturated carbocycles. The lowest BCUT2D eigenvalue weighted by Gasteiger charge is -2.22. The van der Waals surface area contributed by atoms with Crippen molar-refractivity contribution in [2.45, 2.75) is 38.3 Å². The normalized spacial score (nSPS) is 17.4. The van der Waals surface area contributed by atoms with E-state index in [1.807, 2.05) is 24.3 Å². The highest BCUT2D eigenvalue weighted by molar-refractivity contribution is 6.31. The molecule has 0 heterocycles. The molecule has 0 radical (unpaired) electrons. The minimum Gasteiger partial charge on any atom is -0.324 e. The lowest BCUT2D eigenvalue weighted by Crippen LogP contribution is -2.29. The van der Waals surface area contributed by atoms with Crippen LogP contribution in [0.2, 0.25) is 5.02 Å². The van der Waals surface area contributed by atoms with E-state index in [0.717, 1.165) is 36.1 Å². The molecule has 1 aromatic rings. The second-order valence-electron chi connectivity index (χ2n) is 4.78. The van der Waals surface area contributed by atoms with E-state index in [-0.39, 0.29) is 6.04 Å². The number of rotatable bonds is 6. The Morgan fingerprint density at radius 1 is 1.41 bits per heavy atom. The Balaban J connectivity index is 1.88. The number of halogens is 1. The molecule has 3 heteroatoms. The minimum atomic E-state index is 0.0523. The summed E-state index contributed by atoms with van der Waals surface area (Å²) in [6.45, 7) is 4.42. The maximum absolute atomic E-state index is 6.21. The molecule has 2 nitrogen and oxygen atoms in total. The molecular formula is C14H21ClN2. The highest BCUT2D eigenvalue weighted by Gasteiger charge is 2.27. The SMILES string of the molecule is CCN(CCC(N)c1ccccc1Cl)C1CC1. The van der Waals surface area contributed by atoms with Gasteiger partial charge >= 0.3 is 0 Å². The van der Waals surface area contributed by atoms with Crippen LogP contribution in [0.25, 0.3) is 0 Å². The van der Waals surface area contributed by atoms with Gasteiger partial charge in [0.05, 0.1) is 0 Å². The molecule has 94 valence electrons. The van der Waals surface area contributed by atoms with Crippen LogP contribution in [-0.2, 0) is 0 Å². The molecule has 0 aliphatic heterocycles. The van der Waals surface area contributed by atoms with Gasteiger partial charge in [0.25, 0.3) is 0 Å². The van der Waals surface area contributed by atoms with Crippen LogP contribution in [0.1, 0.15) is 37.8 Å². The monoisotopic (exact) mass is 252 g/mol. The second-order valence-corrected chi connectivity index (χ2v) is 5.18. The first-order chi connectivity index (χ1) is 8.22. The molecule has 0 spiro atoms. The topological polar surface area (TPSA) is 29.3 Å². The van der Waals surface area contributed by atoms with E-state index in [4.69, 9.17) is 17.3 Å². The molecule has 0 amide bonds. The smallest absolute Gasteiger partial charge is 0.0453 e. The number of benzene rings is 1. The van der Waals surface area contributed by atoms with E-state index < -0.39 is 0 Å². The fourth-order valence-electron chi connectivity index (χ4n) is 2.27. The number of hydrogen-bond acceptors (Lipinski definition) is 2. The van der Waals surface area contributed by atoms with E-state index in [1.54, 1.807) is 0 Å². The summed E-state index contributed by atoms with van der Waals surface area (Å²) in [5, 5.41) is 0.787. The van der Waals surface area contributed by atoms with Crippen molar-refractivity contribution in [1.82, 2.24) is 4.90 Å². The summed E-state index contributed by atoms with van der Waals surface area (Å²) in [6, 6.07) is 8.76. The molecular weight excluding hydrogens is 232 g/mol. The Morgan fingerprint density at radius 2 is 2.12 bits per heavy atom. The van der Waals surface area contributed by atoms with Gasteiger partial charge in [-0.2, -0.15) is 0 Å². The van der Waals surface area contributed by atoms with Crippen LogP contribution in [0, 0.1) is 0 Å². The Labute approximate surface area is 109 Å². The third kappa shape index (κ3) is 3.44. The van der Waals surface area contributed by atoms with Gasteiger partial charge in [0.15, 0.2) is 0 Å². The summed E-state index contributed by atoms with van der Waals surface area (Å²) in [7, 11) is 0. The first-order valence-corrected chi connectivity index (χ1v) is 6.84. The van der Waals surface area contributed by atoms with Gasteiger partial charge in [0.2, 0.25) is 0 Å². The average Bonchev–Trinajstić information content (AvgIpc) is 3.14. The quantitative estimate of drug-likeness (QED) is 0.843. The predicted molar refractivity (Wildman–Crippen MR) is 73.3 cm³/mol. The van der Waals surface area contributed by atoms with Crippen molar-refractivity contribution < 1.29 is 0 Å². The fourth-order valence-corrected chi connectivity index (χ4v) is 2.55. The first-order valence-electron chi connectivity index (χ1n) is 6.46. The van der Waals surface area contributed by atoms with E-state index in [2.05, 4.69) is 11.8 Å². The predicted octanol–water partition coefficient (Wildman–Crippen LogP) is 3.21. The Kier molecular flexibility index (Phi) is 4.43. The number of nitrogens with zero attached hydrogens (tertiary/aromatic N) is 1. The van der Waals surface area contributed by atoms with Crippen LogP contribution < -0.4 is 5.73 Å². The van der Waals surface area contributed by atoms with Gasteiger partial charge in [-0.05, 0) is 37.4 Å². The zero-order valence-corrected chi connectivity index (χ0v) is 11.2. The van der Waals surface area contributed by atoms with Crippen molar-refractivity contribution in [3.05, 3.63) is 34.9 Å². The summed E-state index contributed by atoms with van der Waals surface area (Å²) < 4.78 is 0.